The molecule has 0 bridgehead atoms. The first-order chi connectivity index (χ1) is 10.6. The summed E-state index contributed by atoms with van der Waals surface area (Å²) in [6.07, 6.45) is 0. The van der Waals surface area contributed by atoms with Crippen LogP contribution in [0.25, 0.3) is 0 Å². The fraction of sp³-hybridized carbons (Fsp3) is 0.400. The largest absolute Gasteiger partial charge is 0.377 e. The molecule has 1 heterocycles. The first kappa shape index (κ1) is 16.5. The zero-order chi connectivity index (χ0) is 15.9. The topological polar surface area (TPSA) is 73.3 Å². The average molecular weight is 321 g/mol. The van der Waals surface area contributed by atoms with Gasteiger partial charge in [0.25, 0.3) is 5.91 Å². The van der Waals surface area contributed by atoms with Crippen molar-refractivity contribution in [2.75, 3.05) is 19.0 Å². The number of aromatic nitrogens is 2. The number of amides is 1. The fourth-order valence-corrected chi connectivity index (χ4v) is 2.63. The summed E-state index contributed by atoms with van der Waals surface area (Å²) in [5.41, 5.74) is 3.45. The van der Waals surface area contributed by atoms with Gasteiger partial charge >= 0.3 is 0 Å². The van der Waals surface area contributed by atoms with E-state index in [0.29, 0.717) is 23.4 Å². The van der Waals surface area contributed by atoms with Crippen LogP contribution in [-0.2, 0) is 27.5 Å². The summed E-state index contributed by atoms with van der Waals surface area (Å²) in [5.74, 6) is -0.245. The molecule has 2 rings (SSSR count). The van der Waals surface area contributed by atoms with Crippen molar-refractivity contribution in [1.82, 2.24) is 10.2 Å². The average Bonchev–Trinajstić information content (AvgIpc) is 2.89. The SMILES string of the molecule is COCc1nnc(NC(=O)COCc2ccc(C)cc2C)s1. The highest BCUT2D eigenvalue weighted by molar-refractivity contribution is 7.15. The van der Waals surface area contributed by atoms with Gasteiger partial charge in [-0.05, 0) is 25.0 Å². The molecule has 0 aliphatic rings. The summed E-state index contributed by atoms with van der Waals surface area (Å²) in [7, 11) is 1.58. The molecule has 0 aliphatic carbocycles. The predicted octanol–water partition coefficient (Wildman–Crippen LogP) is 2.46. The van der Waals surface area contributed by atoms with E-state index in [0.717, 1.165) is 11.1 Å². The first-order valence-corrected chi connectivity index (χ1v) is 7.65. The van der Waals surface area contributed by atoms with Crippen LogP contribution in [0.15, 0.2) is 18.2 Å². The van der Waals surface area contributed by atoms with Crippen LogP contribution in [-0.4, -0.2) is 29.8 Å². The predicted molar refractivity (Wildman–Crippen MR) is 84.8 cm³/mol. The van der Waals surface area contributed by atoms with E-state index in [4.69, 9.17) is 9.47 Å². The normalized spacial score (nSPS) is 10.7. The summed E-state index contributed by atoms with van der Waals surface area (Å²) in [5, 5.41) is 11.6. The smallest absolute Gasteiger partial charge is 0.252 e. The number of carbonyl (C=O) groups is 1. The third-order valence-corrected chi connectivity index (χ3v) is 3.78. The van der Waals surface area contributed by atoms with Gasteiger partial charge in [0.05, 0.1) is 6.61 Å². The summed E-state index contributed by atoms with van der Waals surface area (Å²) in [4.78, 5) is 11.8. The zero-order valence-corrected chi connectivity index (χ0v) is 13.7. The number of ether oxygens (including phenoxy) is 2. The third kappa shape index (κ3) is 4.87. The number of nitrogens with zero attached hydrogens (tertiary/aromatic N) is 2. The minimum atomic E-state index is -0.245. The van der Waals surface area contributed by atoms with E-state index in [-0.39, 0.29) is 12.5 Å². The van der Waals surface area contributed by atoms with Crippen molar-refractivity contribution in [3.05, 3.63) is 39.9 Å². The van der Waals surface area contributed by atoms with Gasteiger partial charge in [0.15, 0.2) is 0 Å². The lowest BCUT2D eigenvalue weighted by molar-refractivity contribution is -0.121. The Balaban J connectivity index is 1.77. The number of carbonyl (C=O) groups excluding carboxylic acids is 1. The lowest BCUT2D eigenvalue weighted by atomic mass is 10.1. The number of methoxy groups -OCH3 is 1. The lowest BCUT2D eigenvalue weighted by Crippen LogP contribution is -2.18. The Bertz CT molecular complexity index is 643. The number of benzene rings is 1. The Hall–Kier alpha value is -1.83. The summed E-state index contributed by atoms with van der Waals surface area (Å²) >= 11 is 1.28. The van der Waals surface area contributed by atoms with Gasteiger partial charge in [-0.25, -0.2) is 0 Å². The van der Waals surface area contributed by atoms with Crippen LogP contribution < -0.4 is 5.32 Å². The zero-order valence-electron chi connectivity index (χ0n) is 12.9. The van der Waals surface area contributed by atoms with Crippen LogP contribution in [0.2, 0.25) is 0 Å². The van der Waals surface area contributed by atoms with Crippen molar-refractivity contribution < 1.29 is 14.3 Å². The second kappa shape index (κ2) is 7.98. The van der Waals surface area contributed by atoms with Crippen LogP contribution in [0.1, 0.15) is 21.7 Å². The van der Waals surface area contributed by atoms with Crippen LogP contribution in [0.3, 0.4) is 0 Å². The van der Waals surface area contributed by atoms with Gasteiger partial charge in [-0.3, -0.25) is 10.1 Å². The van der Waals surface area contributed by atoms with Gasteiger partial charge < -0.3 is 9.47 Å². The van der Waals surface area contributed by atoms with Gasteiger partial charge in [0, 0.05) is 7.11 Å². The van der Waals surface area contributed by atoms with Crippen LogP contribution in [0.4, 0.5) is 5.13 Å². The Morgan fingerprint density at radius 1 is 1.27 bits per heavy atom. The van der Waals surface area contributed by atoms with Gasteiger partial charge in [-0.15, -0.1) is 10.2 Å². The van der Waals surface area contributed by atoms with Gasteiger partial charge in [0.1, 0.15) is 18.2 Å². The Morgan fingerprint density at radius 2 is 2.09 bits per heavy atom. The molecule has 0 atom stereocenters. The molecule has 0 radical (unpaired) electrons. The minimum absolute atomic E-state index is 0.0213. The number of anilines is 1. The molecule has 7 heteroatoms. The van der Waals surface area contributed by atoms with E-state index in [1.165, 1.54) is 16.9 Å². The first-order valence-electron chi connectivity index (χ1n) is 6.83. The lowest BCUT2D eigenvalue weighted by Gasteiger charge is -2.07. The van der Waals surface area contributed by atoms with E-state index < -0.39 is 0 Å². The second-order valence-corrected chi connectivity index (χ2v) is 5.97. The van der Waals surface area contributed by atoms with E-state index in [1.807, 2.05) is 26.0 Å². The van der Waals surface area contributed by atoms with Crippen molar-refractivity contribution in [2.45, 2.75) is 27.1 Å². The quantitative estimate of drug-likeness (QED) is 0.848. The molecule has 0 fully saturated rings. The van der Waals surface area contributed by atoms with E-state index in [9.17, 15) is 4.79 Å². The van der Waals surface area contributed by atoms with Crippen molar-refractivity contribution in [3.8, 4) is 0 Å². The highest BCUT2D eigenvalue weighted by atomic mass is 32.1. The van der Waals surface area contributed by atoms with Crippen molar-refractivity contribution in [3.63, 3.8) is 0 Å². The Kier molecular flexibility index (Phi) is 6.00. The third-order valence-electron chi connectivity index (χ3n) is 2.97. The summed E-state index contributed by atoms with van der Waals surface area (Å²) in [6, 6.07) is 6.14. The fourth-order valence-electron chi connectivity index (χ4n) is 1.90. The molecule has 2 aromatic rings. The number of rotatable bonds is 7. The molecule has 6 nitrogen and oxygen atoms in total. The summed E-state index contributed by atoms with van der Waals surface area (Å²) in [6.45, 7) is 4.85. The maximum Gasteiger partial charge on any atom is 0.252 e. The van der Waals surface area contributed by atoms with Crippen LogP contribution >= 0.6 is 11.3 Å². The van der Waals surface area contributed by atoms with Gasteiger partial charge in [0.2, 0.25) is 5.13 Å². The maximum atomic E-state index is 11.8. The molecule has 0 spiro atoms. The van der Waals surface area contributed by atoms with E-state index in [1.54, 1.807) is 7.11 Å². The number of hydrogen-bond donors (Lipinski definition) is 1. The molecule has 0 unspecified atom stereocenters. The molecule has 118 valence electrons. The molecule has 1 aromatic carbocycles. The standard InChI is InChI=1S/C15H19N3O3S/c1-10-4-5-12(11(2)6-10)7-21-8-13(19)16-15-18-17-14(22-15)9-20-3/h4-6H,7-9H2,1-3H3,(H,16,18,19). The van der Waals surface area contributed by atoms with E-state index >= 15 is 0 Å². The van der Waals surface area contributed by atoms with Crippen molar-refractivity contribution in [2.24, 2.45) is 0 Å². The molecule has 0 saturated carbocycles. The number of nitrogens with one attached hydrogen (secondary N) is 1. The molecule has 1 amide bonds. The molecule has 0 aliphatic heterocycles. The second-order valence-electron chi connectivity index (χ2n) is 4.90. The molecule has 1 aromatic heterocycles. The molecule has 0 saturated heterocycles. The van der Waals surface area contributed by atoms with E-state index in [2.05, 4.69) is 21.6 Å². The highest BCUT2D eigenvalue weighted by Gasteiger charge is 2.08. The van der Waals surface area contributed by atoms with Crippen molar-refractivity contribution >= 4 is 22.4 Å². The minimum Gasteiger partial charge on any atom is -0.377 e. The molecular formula is C15H19N3O3S. The molecule has 22 heavy (non-hydrogen) atoms. The number of hydrogen-bond acceptors (Lipinski definition) is 6. The Labute approximate surface area is 133 Å². The van der Waals surface area contributed by atoms with Crippen LogP contribution in [0.5, 0.6) is 0 Å². The monoisotopic (exact) mass is 321 g/mol. The highest BCUT2D eigenvalue weighted by Crippen LogP contribution is 2.16. The summed E-state index contributed by atoms with van der Waals surface area (Å²) < 4.78 is 10.4. The molecule has 1 N–H and O–H groups in total. The maximum absolute atomic E-state index is 11.8. The van der Waals surface area contributed by atoms with Gasteiger partial charge in [-0.1, -0.05) is 35.1 Å². The Morgan fingerprint density at radius 3 is 2.82 bits per heavy atom. The molecular weight excluding hydrogens is 302 g/mol. The van der Waals surface area contributed by atoms with Gasteiger partial charge in [-0.2, -0.15) is 0 Å². The van der Waals surface area contributed by atoms with Crippen LogP contribution in [0, 0.1) is 13.8 Å². The number of aryl methyl sites for hydroxylation is 2. The van der Waals surface area contributed by atoms with Crippen molar-refractivity contribution in [1.29, 1.82) is 0 Å².